The lowest BCUT2D eigenvalue weighted by molar-refractivity contribution is -0.151. The maximum Gasteiger partial charge on any atom is 0.0897 e. The summed E-state index contributed by atoms with van der Waals surface area (Å²) in [5.74, 6) is 0. The Kier molecular flexibility index (Phi) is 5.63. The Morgan fingerprint density at radius 3 is 2.68 bits per heavy atom. The highest BCUT2D eigenvalue weighted by Crippen LogP contribution is 2.53. The van der Waals surface area contributed by atoms with Gasteiger partial charge in [-0.1, -0.05) is 19.3 Å². The van der Waals surface area contributed by atoms with Crippen LogP contribution in [-0.4, -0.2) is 50.2 Å². The maximum absolute atomic E-state index is 9.75. The topological polar surface area (TPSA) is 50.7 Å². The maximum atomic E-state index is 9.75. The molecule has 2 saturated carbocycles. The number of aliphatic hydroxyl groups excluding tert-OH is 1. The molecule has 1 spiro atoms. The van der Waals surface area contributed by atoms with Crippen molar-refractivity contribution < 1.29 is 14.6 Å². The van der Waals surface area contributed by atoms with Gasteiger partial charge in [0.2, 0.25) is 0 Å². The molecule has 4 heteroatoms. The van der Waals surface area contributed by atoms with Gasteiger partial charge in [-0.25, -0.2) is 0 Å². The Bertz CT molecular complexity index is 266. The summed E-state index contributed by atoms with van der Waals surface area (Å²) in [7, 11) is 1.63. The lowest BCUT2D eigenvalue weighted by atomic mass is 9.55. The highest BCUT2D eigenvalue weighted by molar-refractivity contribution is 5.09. The van der Waals surface area contributed by atoms with E-state index in [4.69, 9.17) is 9.47 Å². The third kappa shape index (κ3) is 3.30. The van der Waals surface area contributed by atoms with Gasteiger partial charge in [0.05, 0.1) is 18.8 Å². The number of ether oxygens (including phenoxy) is 2. The largest absolute Gasteiger partial charge is 0.389 e. The third-order valence-electron chi connectivity index (χ3n) is 4.90. The smallest absolute Gasteiger partial charge is 0.0897 e. The Balaban J connectivity index is 1.86. The van der Waals surface area contributed by atoms with Crippen molar-refractivity contribution in [2.75, 3.05) is 26.9 Å². The predicted molar refractivity (Wildman–Crippen MR) is 75.2 cm³/mol. The van der Waals surface area contributed by atoms with Crippen molar-refractivity contribution >= 4 is 0 Å². The minimum Gasteiger partial charge on any atom is -0.389 e. The van der Waals surface area contributed by atoms with Crippen molar-refractivity contribution in [3.8, 4) is 0 Å². The zero-order valence-corrected chi connectivity index (χ0v) is 12.4. The highest BCUT2D eigenvalue weighted by atomic mass is 16.5. The van der Waals surface area contributed by atoms with Crippen LogP contribution in [0.3, 0.4) is 0 Å². The average Bonchev–Trinajstić information content (AvgIpc) is 2.43. The molecule has 0 aromatic heterocycles. The van der Waals surface area contributed by atoms with E-state index in [1.54, 1.807) is 7.11 Å². The van der Waals surface area contributed by atoms with E-state index in [0.717, 1.165) is 13.0 Å². The second-order valence-corrected chi connectivity index (χ2v) is 6.04. The Hall–Kier alpha value is -0.160. The molecular formula is C15H29NO3. The molecule has 112 valence electrons. The fourth-order valence-corrected chi connectivity index (χ4v) is 3.88. The molecule has 2 N–H and O–H groups in total. The first-order chi connectivity index (χ1) is 9.23. The summed E-state index contributed by atoms with van der Waals surface area (Å²) >= 11 is 0. The van der Waals surface area contributed by atoms with Gasteiger partial charge in [-0.15, -0.1) is 0 Å². The number of rotatable bonds is 7. The number of hydrogen-bond acceptors (Lipinski definition) is 4. The van der Waals surface area contributed by atoms with Crippen LogP contribution in [0.4, 0.5) is 0 Å². The van der Waals surface area contributed by atoms with Crippen LogP contribution >= 0.6 is 0 Å². The minimum atomic E-state index is -0.406. The zero-order valence-electron chi connectivity index (χ0n) is 12.4. The molecule has 2 aliphatic carbocycles. The van der Waals surface area contributed by atoms with Gasteiger partial charge >= 0.3 is 0 Å². The summed E-state index contributed by atoms with van der Waals surface area (Å²) in [4.78, 5) is 0. The third-order valence-corrected chi connectivity index (χ3v) is 4.90. The number of nitrogens with one attached hydrogen (secondary N) is 1. The van der Waals surface area contributed by atoms with Crippen molar-refractivity contribution in [3.05, 3.63) is 0 Å². The van der Waals surface area contributed by atoms with E-state index in [1.807, 2.05) is 0 Å². The molecular weight excluding hydrogens is 242 g/mol. The van der Waals surface area contributed by atoms with Crippen LogP contribution in [0, 0.1) is 5.41 Å². The number of methoxy groups -OCH3 is 1. The van der Waals surface area contributed by atoms with Gasteiger partial charge in [0.15, 0.2) is 0 Å². The Morgan fingerprint density at radius 1 is 1.32 bits per heavy atom. The van der Waals surface area contributed by atoms with Gasteiger partial charge in [-0.3, -0.25) is 0 Å². The summed E-state index contributed by atoms with van der Waals surface area (Å²) in [6.07, 6.45) is 7.66. The van der Waals surface area contributed by atoms with Gasteiger partial charge < -0.3 is 19.9 Å². The molecule has 0 aliphatic heterocycles. The molecule has 19 heavy (non-hydrogen) atoms. The molecule has 4 nitrogen and oxygen atoms in total. The van der Waals surface area contributed by atoms with E-state index in [0.29, 0.717) is 30.7 Å². The molecule has 0 unspecified atom stereocenters. The molecule has 2 rings (SSSR count). The summed E-state index contributed by atoms with van der Waals surface area (Å²) in [6.45, 7) is 3.92. The molecule has 0 aromatic rings. The first-order valence-corrected chi connectivity index (χ1v) is 7.75. The predicted octanol–water partition coefficient (Wildman–Crippen LogP) is 1.71. The van der Waals surface area contributed by atoms with Crippen molar-refractivity contribution in [2.24, 2.45) is 5.41 Å². The van der Waals surface area contributed by atoms with Crippen LogP contribution in [0.15, 0.2) is 0 Å². The summed E-state index contributed by atoms with van der Waals surface area (Å²) < 4.78 is 10.9. The van der Waals surface area contributed by atoms with E-state index in [2.05, 4.69) is 12.2 Å². The lowest BCUT2D eigenvalue weighted by Gasteiger charge is -2.58. The Labute approximate surface area is 116 Å². The van der Waals surface area contributed by atoms with Gasteiger partial charge in [-0.05, 0) is 26.2 Å². The highest BCUT2D eigenvalue weighted by Gasteiger charge is 2.55. The molecule has 0 amide bonds. The average molecular weight is 271 g/mol. The van der Waals surface area contributed by atoms with Gasteiger partial charge in [0.25, 0.3) is 0 Å². The SMILES string of the molecule is CCO[C@H]1C[C@H](NC[C@H](O)COC)C12CCCCC2. The molecule has 0 saturated heterocycles. The zero-order chi connectivity index (χ0) is 13.7. The first kappa shape index (κ1) is 15.2. The fraction of sp³-hybridized carbons (Fsp3) is 1.00. The van der Waals surface area contributed by atoms with Gasteiger partial charge in [0, 0.05) is 31.7 Å². The van der Waals surface area contributed by atoms with Gasteiger partial charge in [0.1, 0.15) is 0 Å². The monoisotopic (exact) mass is 271 g/mol. The van der Waals surface area contributed by atoms with Crippen LogP contribution in [-0.2, 0) is 9.47 Å². The second kappa shape index (κ2) is 7.02. The van der Waals surface area contributed by atoms with Crippen LogP contribution in [0.1, 0.15) is 45.4 Å². The normalized spacial score (nSPS) is 31.1. The van der Waals surface area contributed by atoms with Crippen LogP contribution < -0.4 is 5.32 Å². The summed E-state index contributed by atoms with van der Waals surface area (Å²) in [6, 6.07) is 0.510. The van der Waals surface area contributed by atoms with E-state index in [9.17, 15) is 5.11 Å². The van der Waals surface area contributed by atoms with Crippen molar-refractivity contribution in [1.29, 1.82) is 0 Å². The fourth-order valence-electron chi connectivity index (χ4n) is 3.88. The number of aliphatic hydroxyl groups is 1. The second-order valence-electron chi connectivity index (χ2n) is 6.04. The summed E-state index contributed by atoms with van der Waals surface area (Å²) in [5.41, 5.74) is 0.334. The molecule has 0 bridgehead atoms. The lowest BCUT2D eigenvalue weighted by Crippen LogP contribution is -2.65. The van der Waals surface area contributed by atoms with Crippen LogP contribution in [0.5, 0.6) is 0 Å². The molecule has 2 aliphatic rings. The van der Waals surface area contributed by atoms with Crippen LogP contribution in [0.2, 0.25) is 0 Å². The molecule has 0 aromatic carbocycles. The van der Waals surface area contributed by atoms with Crippen LogP contribution in [0.25, 0.3) is 0 Å². The molecule has 2 fully saturated rings. The summed E-state index contributed by atoms with van der Waals surface area (Å²) in [5, 5.41) is 13.3. The standard InChI is InChI=1S/C15H29NO3/c1-3-19-14-9-13(16-10-12(17)11-18-2)15(14)7-5-4-6-8-15/h12-14,16-17H,3-11H2,1-2H3/t12-,13-,14-/m0/s1. The van der Waals surface area contributed by atoms with Crippen molar-refractivity contribution in [1.82, 2.24) is 5.32 Å². The molecule has 0 heterocycles. The quantitative estimate of drug-likeness (QED) is 0.740. The van der Waals surface area contributed by atoms with Crippen molar-refractivity contribution in [2.45, 2.75) is 63.7 Å². The first-order valence-electron chi connectivity index (χ1n) is 7.75. The van der Waals surface area contributed by atoms with E-state index in [1.165, 1.54) is 32.1 Å². The molecule has 0 radical (unpaired) electrons. The number of hydrogen-bond donors (Lipinski definition) is 2. The van der Waals surface area contributed by atoms with Crippen molar-refractivity contribution in [3.63, 3.8) is 0 Å². The van der Waals surface area contributed by atoms with E-state index in [-0.39, 0.29) is 0 Å². The van der Waals surface area contributed by atoms with Gasteiger partial charge in [-0.2, -0.15) is 0 Å². The van der Waals surface area contributed by atoms with E-state index >= 15 is 0 Å². The van der Waals surface area contributed by atoms with E-state index < -0.39 is 6.10 Å². The molecule has 3 atom stereocenters. The minimum absolute atomic E-state index is 0.334. The Morgan fingerprint density at radius 2 is 2.05 bits per heavy atom.